The maximum atomic E-state index is 12.9. The monoisotopic (exact) mass is 339 g/mol. The number of pyridine rings is 1. The van der Waals surface area contributed by atoms with Crippen LogP contribution in [0.5, 0.6) is 0 Å². The van der Waals surface area contributed by atoms with Crippen molar-refractivity contribution in [2.45, 2.75) is 18.9 Å². The molecule has 7 heteroatoms. The normalized spacial score (nSPS) is 16.8. The van der Waals surface area contributed by atoms with Gasteiger partial charge in [-0.05, 0) is 30.9 Å². The Hall–Kier alpha value is -2.67. The number of carbonyl (C=O) groups excluding carboxylic acids is 1. The number of nitrogens with one attached hydrogen (secondary N) is 1. The van der Waals surface area contributed by atoms with Gasteiger partial charge >= 0.3 is 0 Å². The van der Waals surface area contributed by atoms with Gasteiger partial charge in [-0.15, -0.1) is 0 Å². The summed E-state index contributed by atoms with van der Waals surface area (Å²) in [4.78, 5) is 21.5. The molecular formula is C18H21N5O2. The van der Waals surface area contributed by atoms with Crippen molar-refractivity contribution in [1.82, 2.24) is 24.3 Å². The number of hydrogen-bond acceptors (Lipinski definition) is 4. The third kappa shape index (κ3) is 3.15. The zero-order valence-corrected chi connectivity index (χ0v) is 14.1. The molecule has 0 saturated carbocycles. The fourth-order valence-corrected chi connectivity index (χ4v) is 3.40. The Bertz CT molecular complexity index is 878. The lowest BCUT2D eigenvalue weighted by Gasteiger charge is -2.30. The lowest BCUT2D eigenvalue weighted by molar-refractivity contribution is 0.0499. The van der Waals surface area contributed by atoms with Gasteiger partial charge in [0.2, 0.25) is 0 Å². The van der Waals surface area contributed by atoms with E-state index < -0.39 is 0 Å². The molecular weight excluding hydrogens is 318 g/mol. The summed E-state index contributed by atoms with van der Waals surface area (Å²) in [6, 6.07) is 3.52. The molecule has 130 valence electrons. The van der Waals surface area contributed by atoms with Gasteiger partial charge < -0.3 is 19.0 Å². The van der Waals surface area contributed by atoms with Gasteiger partial charge in [0.05, 0.1) is 11.6 Å². The maximum Gasteiger partial charge on any atom is 0.253 e. The summed E-state index contributed by atoms with van der Waals surface area (Å²) in [5.74, 6) is 1.09. The van der Waals surface area contributed by atoms with Crippen molar-refractivity contribution in [3.8, 4) is 0 Å². The molecule has 3 aromatic heterocycles. The number of hydrogen-bond donors (Lipinski definition) is 1. The van der Waals surface area contributed by atoms with Gasteiger partial charge in [-0.2, -0.15) is 0 Å². The Morgan fingerprint density at radius 1 is 1.24 bits per heavy atom. The first kappa shape index (κ1) is 15.8. The number of fused-ring (bicyclic) bond motifs is 1. The minimum absolute atomic E-state index is 0.102. The van der Waals surface area contributed by atoms with Crippen molar-refractivity contribution in [2.75, 3.05) is 13.2 Å². The first-order chi connectivity index (χ1) is 12.2. The molecule has 0 spiro atoms. The summed E-state index contributed by atoms with van der Waals surface area (Å²) in [5, 5.41) is 3.19. The van der Waals surface area contributed by atoms with Crippen LogP contribution in [0.1, 0.15) is 35.1 Å². The van der Waals surface area contributed by atoms with Gasteiger partial charge in [0.15, 0.2) is 0 Å². The summed E-state index contributed by atoms with van der Waals surface area (Å²) < 4.78 is 9.29. The van der Waals surface area contributed by atoms with E-state index in [-0.39, 0.29) is 11.9 Å². The Kier molecular flexibility index (Phi) is 4.23. The number of amides is 1. The molecule has 7 nitrogen and oxygen atoms in total. The van der Waals surface area contributed by atoms with E-state index in [4.69, 9.17) is 4.74 Å². The maximum absolute atomic E-state index is 12.9. The van der Waals surface area contributed by atoms with Crippen LogP contribution in [0.2, 0.25) is 0 Å². The Balaban J connectivity index is 1.60. The molecule has 0 bridgehead atoms. The predicted octanol–water partition coefficient (Wildman–Crippen LogP) is 1.97. The molecule has 1 fully saturated rings. The molecule has 1 amide bonds. The highest BCUT2D eigenvalue weighted by Gasteiger charge is 2.30. The fourth-order valence-electron chi connectivity index (χ4n) is 3.40. The van der Waals surface area contributed by atoms with Crippen LogP contribution >= 0.6 is 0 Å². The Morgan fingerprint density at radius 3 is 2.80 bits per heavy atom. The van der Waals surface area contributed by atoms with Crippen LogP contribution in [0.15, 0.2) is 43.1 Å². The van der Waals surface area contributed by atoms with Crippen LogP contribution in [0.3, 0.4) is 0 Å². The second kappa shape index (κ2) is 6.68. The molecule has 3 aromatic rings. The number of imidazole rings is 2. The van der Waals surface area contributed by atoms with E-state index >= 15 is 0 Å². The topological polar surface area (TPSA) is 73.5 Å². The van der Waals surface area contributed by atoms with Crippen LogP contribution in [-0.2, 0) is 11.8 Å². The third-order valence-corrected chi connectivity index (χ3v) is 4.81. The first-order valence-corrected chi connectivity index (χ1v) is 8.51. The van der Waals surface area contributed by atoms with Gasteiger partial charge in [0, 0.05) is 51.2 Å². The van der Waals surface area contributed by atoms with Crippen LogP contribution < -0.4 is 5.32 Å². The van der Waals surface area contributed by atoms with E-state index in [0.717, 1.165) is 37.5 Å². The average molecular weight is 339 g/mol. The van der Waals surface area contributed by atoms with Gasteiger partial charge in [-0.3, -0.25) is 4.79 Å². The molecule has 4 heterocycles. The quantitative estimate of drug-likeness (QED) is 0.789. The molecule has 25 heavy (non-hydrogen) atoms. The molecule has 0 aromatic carbocycles. The molecule has 4 rings (SSSR count). The zero-order chi connectivity index (χ0) is 17.2. The smallest absolute Gasteiger partial charge is 0.253 e. The summed E-state index contributed by atoms with van der Waals surface area (Å²) in [6.45, 7) is 1.45. The predicted molar refractivity (Wildman–Crippen MR) is 92.2 cm³/mol. The molecule has 1 aliphatic rings. The van der Waals surface area contributed by atoms with E-state index in [1.807, 2.05) is 34.5 Å². The highest BCUT2D eigenvalue weighted by molar-refractivity contribution is 5.94. The van der Waals surface area contributed by atoms with Crippen molar-refractivity contribution >= 4 is 11.6 Å². The minimum Gasteiger partial charge on any atom is -0.381 e. The number of carbonyl (C=O) groups is 1. The number of rotatable bonds is 4. The van der Waals surface area contributed by atoms with Gasteiger partial charge in [0.1, 0.15) is 11.5 Å². The molecule has 1 N–H and O–H groups in total. The first-order valence-electron chi connectivity index (χ1n) is 8.51. The standard InChI is InChI=1S/C18H21N5O2/c1-22-8-6-20-17(22)16(13-4-10-25-11-5-13)21-18(24)14-2-3-15-19-7-9-23(15)12-14/h2-3,6-9,12-13,16H,4-5,10-11H2,1H3,(H,21,24)/t16-/m1/s1. The second-order valence-electron chi connectivity index (χ2n) is 6.41. The SMILES string of the molecule is Cn1ccnc1[C@H](NC(=O)c1ccc2nccn2c1)C1CCOCC1. The Labute approximate surface area is 145 Å². The van der Waals surface area contributed by atoms with E-state index in [2.05, 4.69) is 15.3 Å². The van der Waals surface area contributed by atoms with Crippen molar-refractivity contribution in [3.63, 3.8) is 0 Å². The van der Waals surface area contributed by atoms with E-state index in [1.165, 1.54) is 0 Å². The highest BCUT2D eigenvalue weighted by atomic mass is 16.5. The second-order valence-corrected chi connectivity index (χ2v) is 6.41. The van der Waals surface area contributed by atoms with Crippen molar-refractivity contribution < 1.29 is 9.53 Å². The molecule has 0 aliphatic carbocycles. The lowest BCUT2D eigenvalue weighted by Crippen LogP contribution is -2.37. The van der Waals surface area contributed by atoms with Crippen LogP contribution in [0.4, 0.5) is 0 Å². The van der Waals surface area contributed by atoms with Crippen LogP contribution in [0, 0.1) is 5.92 Å². The molecule has 1 saturated heterocycles. The number of aryl methyl sites for hydroxylation is 1. The van der Waals surface area contributed by atoms with Gasteiger partial charge in [-0.25, -0.2) is 9.97 Å². The number of ether oxygens (including phenoxy) is 1. The summed E-state index contributed by atoms with van der Waals surface area (Å²) in [5.41, 5.74) is 1.43. The highest BCUT2D eigenvalue weighted by Crippen LogP contribution is 2.29. The van der Waals surface area contributed by atoms with Gasteiger partial charge in [-0.1, -0.05) is 0 Å². The van der Waals surface area contributed by atoms with Crippen LogP contribution in [0.25, 0.3) is 5.65 Å². The summed E-state index contributed by atoms with van der Waals surface area (Å²) >= 11 is 0. The molecule has 0 unspecified atom stereocenters. The average Bonchev–Trinajstić information content (AvgIpc) is 3.28. The van der Waals surface area contributed by atoms with E-state index in [9.17, 15) is 4.79 Å². The molecule has 1 atom stereocenters. The van der Waals surface area contributed by atoms with Gasteiger partial charge in [0.25, 0.3) is 5.91 Å². The third-order valence-electron chi connectivity index (χ3n) is 4.81. The number of aromatic nitrogens is 4. The van der Waals surface area contributed by atoms with Crippen molar-refractivity contribution in [3.05, 3.63) is 54.5 Å². The Morgan fingerprint density at radius 2 is 2.04 bits per heavy atom. The lowest BCUT2D eigenvalue weighted by atomic mass is 9.91. The summed E-state index contributed by atoms with van der Waals surface area (Å²) in [7, 11) is 1.96. The minimum atomic E-state index is -0.130. The van der Waals surface area contributed by atoms with Crippen molar-refractivity contribution in [2.24, 2.45) is 13.0 Å². The van der Waals surface area contributed by atoms with E-state index in [0.29, 0.717) is 11.5 Å². The van der Waals surface area contributed by atoms with Crippen molar-refractivity contribution in [1.29, 1.82) is 0 Å². The largest absolute Gasteiger partial charge is 0.381 e. The molecule has 0 radical (unpaired) electrons. The summed E-state index contributed by atoms with van der Waals surface area (Å²) in [6.07, 6.45) is 10.9. The zero-order valence-electron chi connectivity index (χ0n) is 14.1. The molecule has 1 aliphatic heterocycles. The fraction of sp³-hybridized carbons (Fsp3) is 0.389. The van der Waals surface area contributed by atoms with Crippen LogP contribution in [-0.4, -0.2) is 38.1 Å². The van der Waals surface area contributed by atoms with E-state index in [1.54, 1.807) is 24.7 Å². The number of nitrogens with zero attached hydrogens (tertiary/aromatic N) is 4.